The minimum absolute atomic E-state index is 1.24. The van der Waals surface area contributed by atoms with Crippen LogP contribution >= 0.6 is 68.0 Å². The molecule has 0 bridgehead atoms. The van der Waals surface area contributed by atoms with Crippen LogP contribution in [-0.4, -0.2) is 0 Å². The molecule has 0 aliphatic heterocycles. The summed E-state index contributed by atoms with van der Waals surface area (Å²) in [5, 5.41) is 0. The van der Waals surface area contributed by atoms with Gasteiger partial charge in [0.25, 0.3) is 0 Å². The molecule has 0 fully saturated rings. The summed E-state index contributed by atoms with van der Waals surface area (Å²) >= 11 is 11.5. The Morgan fingerprint density at radius 3 is 0.451 bits per heavy atom. The van der Waals surface area contributed by atoms with E-state index in [1.807, 2.05) is 68.0 Å². The maximum atomic E-state index is 2.37. The van der Waals surface area contributed by atoms with Gasteiger partial charge < -0.3 is 0 Å². The van der Waals surface area contributed by atoms with Crippen molar-refractivity contribution in [2.45, 2.75) is 0 Å². The molecule has 82 heavy (non-hydrogen) atoms. The molecule has 0 amide bonds. The highest BCUT2D eigenvalue weighted by Crippen LogP contribution is 2.50. The zero-order valence-electron chi connectivity index (χ0n) is 44.2. The van der Waals surface area contributed by atoms with Gasteiger partial charge in [-0.25, -0.2) is 0 Å². The number of rotatable bonds is 10. The lowest BCUT2D eigenvalue weighted by Gasteiger charge is -2.06. The summed E-state index contributed by atoms with van der Waals surface area (Å²) in [5.74, 6) is 0. The molecular weight excluding hydrogens is 1110 g/mol. The number of benzene rings is 10. The minimum Gasteiger partial charge on any atom is -0.133 e. The molecule has 388 valence electrons. The smallest absolute Gasteiger partial charge is 0.0636 e. The Labute approximate surface area is 501 Å². The van der Waals surface area contributed by atoms with Crippen molar-refractivity contribution in [3.8, 4) is 109 Å². The molecule has 0 radical (unpaired) electrons. The molecule has 0 nitrogen and oxygen atoms in total. The molecule has 0 saturated carbocycles. The van der Waals surface area contributed by atoms with E-state index in [-0.39, 0.29) is 0 Å². The van der Waals surface area contributed by atoms with Gasteiger partial charge in [0.15, 0.2) is 0 Å². The first-order valence-electron chi connectivity index (χ1n) is 27.3. The average molecular weight is 1150 g/mol. The summed E-state index contributed by atoms with van der Waals surface area (Å²) in [6.45, 7) is 0. The standard InChI is InChI=1S/C44H28S3.C32H20S3/c1-3-7-29(8-4-1)31-11-15-33(16-12-31)35-19-23-37(24-20-35)39-27-41-43(46-39)44-42(45-41)28-40(47-44)38-25-21-36(22-26-38)34-17-13-32(14-18-34)30-9-5-2-6-10-30;1-3-7-21(8-4-1)23-11-15-25(16-12-23)27-19-29-31(34-27)32-30(33-29)20-28(35-32)26-17-13-24(14-18-26)22-9-5-2-6-10-22/h1-28H;1-20H. The fourth-order valence-electron chi connectivity index (χ4n) is 10.8. The topological polar surface area (TPSA) is 0 Å². The third-order valence-corrected chi connectivity index (χ3v) is 22.9. The molecule has 6 heterocycles. The molecule has 16 aromatic rings. The van der Waals surface area contributed by atoms with Crippen LogP contribution in [0.5, 0.6) is 0 Å². The second-order valence-electron chi connectivity index (χ2n) is 20.3. The predicted molar refractivity (Wildman–Crippen MR) is 365 cm³/mol. The molecule has 0 spiro atoms. The first kappa shape index (κ1) is 50.4. The molecule has 0 N–H and O–H groups in total. The van der Waals surface area contributed by atoms with Crippen molar-refractivity contribution >= 4 is 106 Å². The molecule has 6 heteroatoms. The van der Waals surface area contributed by atoms with Crippen LogP contribution in [0.15, 0.2) is 291 Å². The van der Waals surface area contributed by atoms with Crippen LogP contribution in [0.4, 0.5) is 0 Å². The summed E-state index contributed by atoms with van der Waals surface area (Å²) in [4.78, 5) is 5.35. The van der Waals surface area contributed by atoms with E-state index in [0.717, 1.165) is 0 Å². The minimum atomic E-state index is 1.24. The van der Waals surface area contributed by atoms with Gasteiger partial charge in [-0.2, -0.15) is 0 Å². The SMILES string of the molecule is c1ccc(-c2ccc(-c3cc4sc5cc(-c6ccc(-c7ccccc7)cc6)sc5c4s3)cc2)cc1.c1ccc(-c2ccc(-c3ccc(-c4cc5sc6cc(-c7ccc(-c8ccc(-c9ccccc9)cc8)cc7)sc6c5s4)cc3)cc2)cc1. The van der Waals surface area contributed by atoms with Crippen molar-refractivity contribution in [3.63, 3.8) is 0 Å². The Balaban J connectivity index is 0.000000147. The zero-order valence-corrected chi connectivity index (χ0v) is 49.1. The van der Waals surface area contributed by atoms with E-state index in [0.29, 0.717) is 0 Å². The van der Waals surface area contributed by atoms with Gasteiger partial charge in [-0.1, -0.05) is 267 Å². The summed E-state index contributed by atoms with van der Waals surface area (Å²) in [7, 11) is 0. The van der Waals surface area contributed by atoms with Crippen molar-refractivity contribution in [1.82, 2.24) is 0 Å². The Morgan fingerprint density at radius 1 is 0.134 bits per heavy atom. The molecule has 0 aliphatic carbocycles. The van der Waals surface area contributed by atoms with Crippen LogP contribution in [0, 0.1) is 0 Å². The van der Waals surface area contributed by atoms with E-state index >= 15 is 0 Å². The van der Waals surface area contributed by atoms with Crippen LogP contribution in [0.2, 0.25) is 0 Å². The van der Waals surface area contributed by atoms with Crippen LogP contribution in [0.25, 0.3) is 146 Å². The Hall–Kier alpha value is -8.56. The van der Waals surface area contributed by atoms with Crippen molar-refractivity contribution in [2.24, 2.45) is 0 Å². The van der Waals surface area contributed by atoms with Gasteiger partial charge in [-0.05, 0) is 113 Å². The molecule has 0 unspecified atom stereocenters. The second kappa shape index (κ2) is 22.1. The molecule has 0 saturated heterocycles. The zero-order chi connectivity index (χ0) is 54.3. The fourth-order valence-corrected chi connectivity index (χ4v) is 18.8. The van der Waals surface area contributed by atoms with E-state index < -0.39 is 0 Å². The Morgan fingerprint density at radius 2 is 0.280 bits per heavy atom. The summed E-state index contributed by atoms with van der Waals surface area (Å²) in [6.07, 6.45) is 0. The summed E-state index contributed by atoms with van der Waals surface area (Å²) in [6, 6.07) is 105. The van der Waals surface area contributed by atoms with Gasteiger partial charge in [0.2, 0.25) is 0 Å². The maximum Gasteiger partial charge on any atom is 0.0636 e. The first-order chi connectivity index (χ1) is 40.6. The second-order valence-corrected chi connectivity index (χ2v) is 26.7. The number of hydrogen-bond acceptors (Lipinski definition) is 6. The summed E-state index contributed by atoms with van der Waals surface area (Å²) < 4.78 is 11.2. The quantitative estimate of drug-likeness (QED) is 0.128. The van der Waals surface area contributed by atoms with Crippen molar-refractivity contribution < 1.29 is 0 Å². The highest BCUT2D eigenvalue weighted by molar-refractivity contribution is 7.41. The lowest BCUT2D eigenvalue weighted by atomic mass is 9.99. The van der Waals surface area contributed by atoms with Gasteiger partial charge >= 0.3 is 0 Å². The largest absolute Gasteiger partial charge is 0.133 e. The van der Waals surface area contributed by atoms with Crippen molar-refractivity contribution in [1.29, 1.82) is 0 Å². The third-order valence-electron chi connectivity index (χ3n) is 15.2. The van der Waals surface area contributed by atoms with Crippen LogP contribution in [-0.2, 0) is 0 Å². The number of hydrogen-bond donors (Lipinski definition) is 0. The predicted octanol–water partition coefficient (Wildman–Crippen LogP) is 25.0. The monoisotopic (exact) mass is 1150 g/mol. The molecule has 16 rings (SSSR count). The first-order valence-corrected chi connectivity index (χ1v) is 32.2. The van der Waals surface area contributed by atoms with Crippen LogP contribution in [0.3, 0.4) is 0 Å². The van der Waals surface area contributed by atoms with Gasteiger partial charge in [0.1, 0.15) is 0 Å². The van der Waals surface area contributed by atoms with Gasteiger partial charge in [0.05, 0.1) is 18.8 Å². The maximum absolute atomic E-state index is 2.37. The molecule has 0 aliphatic rings. The van der Waals surface area contributed by atoms with Crippen LogP contribution < -0.4 is 0 Å². The van der Waals surface area contributed by atoms with E-state index in [1.165, 1.54) is 146 Å². The highest BCUT2D eigenvalue weighted by Gasteiger charge is 2.18. The van der Waals surface area contributed by atoms with Gasteiger partial charge in [0, 0.05) is 38.3 Å². The number of thiophene rings is 6. The van der Waals surface area contributed by atoms with Crippen LogP contribution in [0.1, 0.15) is 0 Å². The van der Waals surface area contributed by atoms with Gasteiger partial charge in [-0.15, -0.1) is 68.0 Å². The Bertz CT molecular complexity index is 4500. The van der Waals surface area contributed by atoms with E-state index in [4.69, 9.17) is 0 Å². The Kier molecular flexibility index (Phi) is 13.6. The summed E-state index contributed by atoms with van der Waals surface area (Å²) in [5.41, 5.74) is 20.1. The van der Waals surface area contributed by atoms with E-state index in [2.05, 4.69) is 291 Å². The molecule has 10 aromatic carbocycles. The van der Waals surface area contributed by atoms with Crippen molar-refractivity contribution in [3.05, 3.63) is 291 Å². The van der Waals surface area contributed by atoms with Gasteiger partial charge in [-0.3, -0.25) is 0 Å². The third kappa shape index (κ3) is 10.1. The number of fused-ring (bicyclic) bond motifs is 6. The highest BCUT2D eigenvalue weighted by atomic mass is 32.1. The van der Waals surface area contributed by atoms with E-state index in [9.17, 15) is 0 Å². The van der Waals surface area contributed by atoms with Crippen molar-refractivity contribution in [2.75, 3.05) is 0 Å². The molecular formula is C76H48S6. The molecule has 0 atom stereocenters. The average Bonchev–Trinajstić information content (AvgIpc) is 3.94. The lowest BCUT2D eigenvalue weighted by Crippen LogP contribution is -1.81. The van der Waals surface area contributed by atoms with E-state index in [1.54, 1.807) is 0 Å². The fraction of sp³-hybridized carbons (Fsp3) is 0. The normalized spacial score (nSPS) is 11.4. The molecule has 6 aromatic heterocycles. The lowest BCUT2D eigenvalue weighted by molar-refractivity contribution is 1.59.